The fourth-order valence-corrected chi connectivity index (χ4v) is 4.38. The predicted molar refractivity (Wildman–Crippen MR) is 107 cm³/mol. The van der Waals surface area contributed by atoms with Crippen LogP contribution >= 0.6 is 11.8 Å². The molecule has 0 unspecified atom stereocenters. The highest BCUT2D eigenvalue weighted by Crippen LogP contribution is 2.46. The minimum absolute atomic E-state index is 0.216. The zero-order valence-corrected chi connectivity index (χ0v) is 17.2. The Morgan fingerprint density at radius 3 is 2.76 bits per heavy atom. The van der Waals surface area contributed by atoms with Crippen molar-refractivity contribution in [1.29, 1.82) is 0 Å². The number of nitrogens with two attached hydrogens (primary N) is 1. The first-order chi connectivity index (χ1) is 14.1. The predicted octanol–water partition coefficient (Wildman–Crippen LogP) is 3.39. The number of anilines is 1. The van der Waals surface area contributed by atoms with E-state index in [-0.39, 0.29) is 12.4 Å². The molecule has 0 saturated heterocycles. The lowest BCUT2D eigenvalue weighted by Crippen LogP contribution is -2.07. The molecule has 29 heavy (non-hydrogen) atoms. The van der Waals surface area contributed by atoms with Gasteiger partial charge in [0.05, 0.1) is 17.7 Å². The van der Waals surface area contributed by atoms with E-state index in [9.17, 15) is 4.79 Å². The monoisotopic (exact) mass is 414 g/mol. The van der Waals surface area contributed by atoms with Gasteiger partial charge in [-0.2, -0.15) is 4.98 Å². The van der Waals surface area contributed by atoms with Crippen molar-refractivity contribution in [3.05, 3.63) is 23.0 Å². The fourth-order valence-electron chi connectivity index (χ4n) is 3.51. The van der Waals surface area contributed by atoms with E-state index in [1.165, 1.54) is 25.7 Å². The van der Waals surface area contributed by atoms with Crippen LogP contribution in [0.5, 0.6) is 0 Å². The van der Waals surface area contributed by atoms with Crippen molar-refractivity contribution in [2.24, 2.45) is 0 Å². The van der Waals surface area contributed by atoms with Crippen molar-refractivity contribution in [3.8, 4) is 0 Å². The molecule has 0 bridgehead atoms. The van der Waals surface area contributed by atoms with Crippen LogP contribution in [0.15, 0.2) is 9.57 Å². The lowest BCUT2D eigenvalue weighted by molar-refractivity contribution is 0.0526. The van der Waals surface area contributed by atoms with Crippen LogP contribution in [-0.4, -0.2) is 37.3 Å². The van der Waals surface area contributed by atoms with Crippen molar-refractivity contribution < 1.29 is 13.9 Å². The third-order valence-electron chi connectivity index (χ3n) is 5.16. The number of aromatic nitrogens is 5. The first-order valence-corrected chi connectivity index (χ1v) is 10.9. The van der Waals surface area contributed by atoms with Crippen LogP contribution in [0.3, 0.4) is 0 Å². The number of aryl methyl sites for hydroxylation is 1. The highest BCUT2D eigenvalue weighted by Gasteiger charge is 2.36. The molecule has 2 saturated carbocycles. The van der Waals surface area contributed by atoms with Crippen molar-refractivity contribution in [3.63, 3.8) is 0 Å². The Labute approximate surface area is 171 Å². The number of carbonyl (C=O) groups excluding carboxylic acids is 1. The molecule has 0 spiro atoms. The summed E-state index contributed by atoms with van der Waals surface area (Å²) in [5.41, 5.74) is 6.75. The molecule has 2 aliphatic rings. The fraction of sp³-hybridized carbons (Fsp3) is 0.526. The number of rotatable bonds is 7. The quantitative estimate of drug-likeness (QED) is 0.458. The molecule has 2 N–H and O–H groups in total. The smallest absolute Gasteiger partial charge is 0.342 e. The third-order valence-corrected chi connectivity index (χ3v) is 6.10. The summed E-state index contributed by atoms with van der Waals surface area (Å²) >= 11 is 1.55. The van der Waals surface area contributed by atoms with E-state index in [2.05, 4.69) is 24.7 Å². The largest absolute Gasteiger partial charge is 0.462 e. The molecule has 9 nitrogen and oxygen atoms in total. The van der Waals surface area contributed by atoms with E-state index in [0.717, 1.165) is 11.0 Å². The van der Waals surface area contributed by atoms with E-state index in [1.54, 1.807) is 25.6 Å². The molecule has 0 amide bonds. The van der Waals surface area contributed by atoms with Gasteiger partial charge in [-0.05, 0) is 39.5 Å². The molecule has 0 atom stereocenters. The molecule has 2 aliphatic carbocycles. The second kappa shape index (κ2) is 7.01. The number of hydrogen-bond acceptors (Lipinski definition) is 9. The van der Waals surface area contributed by atoms with Crippen LogP contribution in [0.2, 0.25) is 0 Å². The lowest BCUT2D eigenvalue weighted by atomic mass is 10.2. The van der Waals surface area contributed by atoms with Crippen molar-refractivity contribution >= 4 is 34.6 Å². The Morgan fingerprint density at radius 2 is 2.07 bits per heavy atom. The summed E-state index contributed by atoms with van der Waals surface area (Å²) in [5, 5.41) is 10.1. The van der Waals surface area contributed by atoms with Gasteiger partial charge < -0.3 is 19.5 Å². The molecule has 5 rings (SSSR count). The van der Waals surface area contributed by atoms with Gasteiger partial charge in [0.15, 0.2) is 5.16 Å². The molecule has 152 valence electrons. The highest BCUT2D eigenvalue weighted by atomic mass is 32.2. The molecule has 3 aromatic rings. The average molecular weight is 414 g/mol. The third kappa shape index (κ3) is 3.35. The van der Waals surface area contributed by atoms with Crippen LogP contribution < -0.4 is 5.73 Å². The second-order valence-corrected chi connectivity index (χ2v) is 8.41. The van der Waals surface area contributed by atoms with Gasteiger partial charge in [0, 0.05) is 12.0 Å². The first-order valence-electron chi connectivity index (χ1n) is 9.87. The van der Waals surface area contributed by atoms with Crippen LogP contribution in [0.1, 0.15) is 72.3 Å². The van der Waals surface area contributed by atoms with E-state index in [0.29, 0.717) is 46.0 Å². The van der Waals surface area contributed by atoms with Gasteiger partial charge in [0.2, 0.25) is 5.71 Å². The summed E-state index contributed by atoms with van der Waals surface area (Å²) in [7, 11) is 0. The SMILES string of the molecule is CCOC(=O)c1c(C)oc2nc(CSc3nnc(C4CC4)n3C3CC3)nc(N)c12. The minimum atomic E-state index is -0.480. The zero-order chi connectivity index (χ0) is 20.1. The van der Waals surface area contributed by atoms with E-state index >= 15 is 0 Å². The molecule has 3 heterocycles. The number of ether oxygens (including phenoxy) is 1. The number of carbonyl (C=O) groups is 1. The van der Waals surface area contributed by atoms with Crippen molar-refractivity contribution in [2.45, 2.75) is 62.4 Å². The Morgan fingerprint density at radius 1 is 1.28 bits per heavy atom. The van der Waals surface area contributed by atoms with Gasteiger partial charge in [-0.15, -0.1) is 10.2 Å². The summed E-state index contributed by atoms with van der Waals surface area (Å²) < 4.78 is 13.1. The number of esters is 1. The Bertz CT molecular complexity index is 1100. The van der Waals surface area contributed by atoms with Crippen molar-refractivity contribution in [2.75, 3.05) is 12.3 Å². The number of thioether (sulfide) groups is 1. The Balaban J connectivity index is 1.41. The van der Waals surface area contributed by atoms with E-state index in [1.807, 2.05) is 0 Å². The minimum Gasteiger partial charge on any atom is -0.462 e. The van der Waals surface area contributed by atoms with Gasteiger partial charge >= 0.3 is 5.97 Å². The normalized spacial score (nSPS) is 16.5. The maximum atomic E-state index is 12.2. The standard InChI is InChI=1S/C19H22N6O3S/c1-3-27-18(26)13-9(2)28-17-14(13)15(20)21-12(22-17)8-29-19-24-23-16(10-4-5-10)25(19)11-6-7-11/h10-11H,3-8H2,1-2H3,(H2,20,21,22). The van der Waals surface area contributed by atoms with Crippen LogP contribution in [-0.2, 0) is 10.5 Å². The summed E-state index contributed by atoms with van der Waals surface area (Å²) in [6.07, 6.45) is 4.77. The van der Waals surface area contributed by atoms with Crippen LogP contribution in [0.4, 0.5) is 5.82 Å². The van der Waals surface area contributed by atoms with Crippen LogP contribution in [0.25, 0.3) is 11.1 Å². The molecule has 0 radical (unpaired) electrons. The lowest BCUT2D eigenvalue weighted by Gasteiger charge is -2.08. The molecule has 0 aliphatic heterocycles. The second-order valence-electron chi connectivity index (χ2n) is 7.46. The summed E-state index contributed by atoms with van der Waals surface area (Å²) in [5.74, 6) is 2.86. The number of furan rings is 1. The van der Waals surface area contributed by atoms with Gasteiger partial charge in [-0.25, -0.2) is 9.78 Å². The van der Waals surface area contributed by atoms with Crippen molar-refractivity contribution in [1.82, 2.24) is 24.7 Å². The van der Waals surface area contributed by atoms with Crippen LogP contribution in [0, 0.1) is 6.92 Å². The number of nitrogen functional groups attached to an aromatic ring is 1. The first kappa shape index (κ1) is 18.4. The number of fused-ring (bicyclic) bond motifs is 1. The Hall–Kier alpha value is -2.62. The molecular weight excluding hydrogens is 392 g/mol. The number of nitrogens with zero attached hydrogens (tertiary/aromatic N) is 5. The molecule has 0 aromatic carbocycles. The molecule has 10 heteroatoms. The molecule has 3 aromatic heterocycles. The maximum absolute atomic E-state index is 12.2. The number of hydrogen-bond donors (Lipinski definition) is 1. The topological polar surface area (TPSA) is 122 Å². The maximum Gasteiger partial charge on any atom is 0.342 e. The summed E-state index contributed by atoms with van der Waals surface area (Å²) in [6.45, 7) is 3.71. The van der Waals surface area contributed by atoms with Gasteiger partial charge in [-0.1, -0.05) is 11.8 Å². The Kier molecular flexibility index (Phi) is 4.45. The summed E-state index contributed by atoms with van der Waals surface area (Å²) in [4.78, 5) is 21.1. The summed E-state index contributed by atoms with van der Waals surface area (Å²) in [6, 6.07) is 0.524. The van der Waals surface area contributed by atoms with E-state index < -0.39 is 5.97 Å². The van der Waals surface area contributed by atoms with E-state index in [4.69, 9.17) is 14.9 Å². The van der Waals surface area contributed by atoms with Gasteiger partial charge in [0.1, 0.15) is 28.8 Å². The molecule has 2 fully saturated rings. The average Bonchev–Trinajstić information content (AvgIpc) is 3.61. The molecular formula is C19H22N6O3S. The highest BCUT2D eigenvalue weighted by molar-refractivity contribution is 7.98. The zero-order valence-electron chi connectivity index (χ0n) is 16.3. The van der Waals surface area contributed by atoms with Gasteiger partial charge in [0.25, 0.3) is 0 Å². The van der Waals surface area contributed by atoms with Gasteiger partial charge in [-0.3, -0.25) is 0 Å².